The van der Waals surface area contributed by atoms with E-state index in [0.29, 0.717) is 34.6 Å². The Morgan fingerprint density at radius 1 is 1.30 bits per heavy atom. The Balaban J connectivity index is 2.41. The lowest BCUT2D eigenvalue weighted by molar-refractivity contribution is -0.116. The van der Waals surface area contributed by atoms with E-state index in [4.69, 9.17) is 25.9 Å². The second-order valence-corrected chi connectivity index (χ2v) is 7.46. The van der Waals surface area contributed by atoms with Gasteiger partial charge >= 0.3 is 0 Å². The van der Waals surface area contributed by atoms with Crippen LogP contribution in [-0.2, 0) is 9.63 Å². The van der Waals surface area contributed by atoms with Gasteiger partial charge in [-0.25, -0.2) is 0 Å². The SMILES string of the molecule is CCCC(=NOCC=CCl)C1=C(O)CC(c2c(OC)nc(SC)nc2OC)CC1=O. The summed E-state index contributed by atoms with van der Waals surface area (Å²) in [6.07, 6.45) is 5.01. The molecule has 1 aliphatic carbocycles. The standard InChI is InChI=1S/C20H26ClN3O5S/c1-5-7-13(24-29-9-6-8-21)17-14(25)10-12(11-15(17)26)16-18(27-2)22-20(30-4)23-19(16)28-3/h6,8,12,25H,5,7,9-11H2,1-4H3. The van der Waals surface area contributed by atoms with Crippen LogP contribution < -0.4 is 9.47 Å². The Bertz CT molecular complexity index is 832. The van der Waals surface area contributed by atoms with Crippen LogP contribution in [0.1, 0.15) is 44.1 Å². The zero-order chi connectivity index (χ0) is 22.1. The Kier molecular flexibility index (Phi) is 9.45. The highest BCUT2D eigenvalue weighted by Crippen LogP contribution is 2.42. The van der Waals surface area contributed by atoms with E-state index >= 15 is 0 Å². The molecule has 0 saturated carbocycles. The summed E-state index contributed by atoms with van der Waals surface area (Å²) in [7, 11) is 3.00. The van der Waals surface area contributed by atoms with E-state index in [0.717, 1.165) is 6.42 Å². The number of aliphatic hydroxyl groups excluding tert-OH is 1. The van der Waals surface area contributed by atoms with Gasteiger partial charge in [0.1, 0.15) is 12.4 Å². The lowest BCUT2D eigenvalue weighted by Gasteiger charge is -2.26. The number of ether oxygens (including phenoxy) is 2. The molecule has 164 valence electrons. The van der Waals surface area contributed by atoms with Gasteiger partial charge in [-0.1, -0.05) is 41.9 Å². The van der Waals surface area contributed by atoms with Gasteiger partial charge in [0, 0.05) is 24.3 Å². The number of rotatable bonds is 10. The van der Waals surface area contributed by atoms with Crippen LogP contribution in [-0.4, -0.2) is 53.7 Å². The van der Waals surface area contributed by atoms with Crippen LogP contribution in [0.15, 0.2) is 33.3 Å². The molecule has 0 bridgehead atoms. The molecule has 1 unspecified atom stereocenters. The Labute approximate surface area is 185 Å². The number of oxime groups is 1. The molecule has 1 aromatic rings. The maximum Gasteiger partial charge on any atom is 0.224 e. The number of nitrogens with zero attached hydrogens (tertiary/aromatic N) is 3. The highest BCUT2D eigenvalue weighted by atomic mass is 35.5. The van der Waals surface area contributed by atoms with Gasteiger partial charge in [-0.05, 0) is 18.8 Å². The first-order valence-corrected chi connectivity index (χ1v) is 11.1. The maximum atomic E-state index is 13.0. The van der Waals surface area contributed by atoms with Crippen molar-refractivity contribution in [3.63, 3.8) is 0 Å². The van der Waals surface area contributed by atoms with Crippen molar-refractivity contribution < 1.29 is 24.2 Å². The summed E-state index contributed by atoms with van der Waals surface area (Å²) in [5.41, 5.74) is 2.53. The molecular formula is C20H26ClN3O5S. The van der Waals surface area contributed by atoms with E-state index in [1.807, 2.05) is 13.2 Å². The largest absolute Gasteiger partial charge is 0.511 e. The molecule has 8 nitrogen and oxygen atoms in total. The second kappa shape index (κ2) is 11.8. The number of Topliss-reactive ketones (excluding diaryl/α,β-unsaturated/α-hetero) is 1. The van der Waals surface area contributed by atoms with Crippen LogP contribution >= 0.6 is 23.4 Å². The summed E-state index contributed by atoms with van der Waals surface area (Å²) in [5.74, 6) is 0.00582. The predicted molar refractivity (Wildman–Crippen MR) is 117 cm³/mol. The lowest BCUT2D eigenvalue weighted by atomic mass is 9.81. The molecular weight excluding hydrogens is 430 g/mol. The molecule has 0 radical (unpaired) electrons. The third-order valence-electron chi connectivity index (χ3n) is 4.48. The molecule has 1 heterocycles. The number of allylic oxidation sites excluding steroid dienone is 2. The smallest absolute Gasteiger partial charge is 0.224 e. The van der Waals surface area contributed by atoms with E-state index in [-0.39, 0.29) is 42.5 Å². The molecule has 10 heteroatoms. The molecule has 1 aliphatic rings. The van der Waals surface area contributed by atoms with E-state index in [1.54, 1.807) is 6.08 Å². The minimum atomic E-state index is -0.384. The number of ketones is 1. The molecule has 1 aromatic heterocycles. The van der Waals surface area contributed by atoms with Crippen molar-refractivity contribution in [1.82, 2.24) is 9.97 Å². The Morgan fingerprint density at radius 3 is 2.47 bits per heavy atom. The van der Waals surface area contributed by atoms with E-state index in [1.165, 1.54) is 31.5 Å². The van der Waals surface area contributed by atoms with Gasteiger partial charge in [0.05, 0.1) is 31.1 Å². The van der Waals surface area contributed by atoms with Crippen LogP contribution in [0.25, 0.3) is 0 Å². The summed E-state index contributed by atoms with van der Waals surface area (Å²) in [5, 5.41) is 15.3. The first-order chi connectivity index (χ1) is 14.5. The zero-order valence-corrected chi connectivity index (χ0v) is 19.0. The highest BCUT2D eigenvalue weighted by molar-refractivity contribution is 7.98. The molecule has 0 saturated heterocycles. The first-order valence-electron chi connectivity index (χ1n) is 9.44. The topological polar surface area (TPSA) is 103 Å². The molecule has 0 aliphatic heterocycles. The zero-order valence-electron chi connectivity index (χ0n) is 17.5. The lowest BCUT2D eigenvalue weighted by Crippen LogP contribution is -2.25. The normalized spacial score (nSPS) is 17.6. The third-order valence-corrected chi connectivity index (χ3v) is 5.21. The van der Waals surface area contributed by atoms with Crippen molar-refractivity contribution in [2.24, 2.45) is 5.16 Å². The summed E-state index contributed by atoms with van der Waals surface area (Å²) in [6, 6.07) is 0. The number of halogens is 1. The number of thioether (sulfide) groups is 1. The van der Waals surface area contributed by atoms with Gasteiger partial charge in [0.2, 0.25) is 11.8 Å². The molecule has 0 spiro atoms. The number of hydrogen-bond acceptors (Lipinski definition) is 9. The number of carbonyl (C=O) groups excluding carboxylic acids is 1. The highest BCUT2D eigenvalue weighted by Gasteiger charge is 2.35. The van der Waals surface area contributed by atoms with Gasteiger partial charge in [0.15, 0.2) is 10.9 Å². The number of methoxy groups -OCH3 is 2. The minimum Gasteiger partial charge on any atom is -0.511 e. The van der Waals surface area contributed by atoms with Crippen molar-refractivity contribution in [3.8, 4) is 11.8 Å². The molecule has 30 heavy (non-hydrogen) atoms. The van der Waals surface area contributed by atoms with Crippen LogP contribution in [0.2, 0.25) is 0 Å². The van der Waals surface area contributed by atoms with Crippen molar-refractivity contribution in [3.05, 3.63) is 28.5 Å². The number of aliphatic hydroxyl groups is 1. The molecule has 2 rings (SSSR count). The fourth-order valence-corrected chi connectivity index (χ4v) is 3.66. The number of carbonyl (C=O) groups is 1. The summed E-state index contributed by atoms with van der Waals surface area (Å²) in [4.78, 5) is 26.9. The molecule has 0 fully saturated rings. The fourth-order valence-electron chi connectivity index (χ4n) is 3.24. The molecule has 0 aromatic carbocycles. The van der Waals surface area contributed by atoms with E-state index < -0.39 is 0 Å². The number of hydrogen-bond donors (Lipinski definition) is 1. The van der Waals surface area contributed by atoms with Gasteiger partial charge in [-0.3, -0.25) is 4.79 Å². The average Bonchev–Trinajstić information content (AvgIpc) is 2.74. The van der Waals surface area contributed by atoms with E-state index in [9.17, 15) is 9.90 Å². The summed E-state index contributed by atoms with van der Waals surface area (Å²) < 4.78 is 10.9. The van der Waals surface area contributed by atoms with Gasteiger partial charge in [-0.15, -0.1) is 0 Å². The molecule has 1 N–H and O–H groups in total. The van der Waals surface area contributed by atoms with Crippen molar-refractivity contribution in [1.29, 1.82) is 0 Å². The quantitative estimate of drug-likeness (QED) is 0.182. The second-order valence-electron chi connectivity index (χ2n) is 6.44. The number of aromatic nitrogens is 2. The van der Waals surface area contributed by atoms with Crippen LogP contribution in [0.3, 0.4) is 0 Å². The van der Waals surface area contributed by atoms with E-state index in [2.05, 4.69) is 15.1 Å². The summed E-state index contributed by atoms with van der Waals surface area (Å²) in [6.45, 7) is 2.14. The van der Waals surface area contributed by atoms with Crippen LogP contribution in [0.4, 0.5) is 0 Å². The maximum absolute atomic E-state index is 13.0. The van der Waals surface area contributed by atoms with Gasteiger partial charge in [0.25, 0.3) is 0 Å². The Hall–Kier alpha value is -2.26. The van der Waals surface area contributed by atoms with Crippen molar-refractivity contribution >= 4 is 34.9 Å². The third kappa shape index (κ3) is 5.66. The molecule has 1 atom stereocenters. The van der Waals surface area contributed by atoms with Crippen LogP contribution in [0.5, 0.6) is 11.8 Å². The van der Waals surface area contributed by atoms with Crippen molar-refractivity contribution in [2.45, 2.75) is 43.7 Å². The van der Waals surface area contributed by atoms with Gasteiger partial charge < -0.3 is 19.4 Å². The van der Waals surface area contributed by atoms with Crippen molar-refractivity contribution in [2.75, 3.05) is 27.1 Å². The minimum absolute atomic E-state index is 0.0435. The Morgan fingerprint density at radius 2 is 1.97 bits per heavy atom. The fraction of sp³-hybridized carbons (Fsp3) is 0.500. The average molecular weight is 456 g/mol. The van der Waals surface area contributed by atoms with Gasteiger partial charge in [-0.2, -0.15) is 9.97 Å². The first kappa shape index (κ1) is 24.0. The summed E-state index contributed by atoms with van der Waals surface area (Å²) >= 11 is 6.83. The van der Waals surface area contributed by atoms with Crippen LogP contribution in [0, 0.1) is 0 Å². The monoisotopic (exact) mass is 455 g/mol. The molecule has 0 amide bonds. The predicted octanol–water partition coefficient (Wildman–Crippen LogP) is 4.40.